The highest BCUT2D eigenvalue weighted by atomic mass is 19.4. The molecule has 1 saturated heterocycles. The number of carbonyl (C=O) groups excluding carboxylic acids is 1. The van der Waals surface area contributed by atoms with E-state index in [1.54, 1.807) is 14.0 Å². The van der Waals surface area contributed by atoms with Crippen molar-refractivity contribution in [1.29, 1.82) is 5.41 Å². The van der Waals surface area contributed by atoms with E-state index in [-0.39, 0.29) is 11.4 Å². The molecule has 0 saturated carbocycles. The molecule has 1 aromatic heterocycles. The summed E-state index contributed by atoms with van der Waals surface area (Å²) < 4.78 is 38.4. The smallest absolute Gasteiger partial charge is 0.386 e. The van der Waals surface area contributed by atoms with Crippen molar-refractivity contribution in [2.75, 3.05) is 13.6 Å². The highest BCUT2D eigenvalue weighted by Gasteiger charge is 2.34. The van der Waals surface area contributed by atoms with Crippen LogP contribution >= 0.6 is 0 Å². The molecule has 1 aliphatic heterocycles. The van der Waals surface area contributed by atoms with Gasteiger partial charge in [-0.3, -0.25) is 9.78 Å². The summed E-state index contributed by atoms with van der Waals surface area (Å²) in [5.41, 5.74) is -0.0354. The average Bonchev–Trinajstić information content (AvgIpc) is 2.52. The Morgan fingerprint density at radius 2 is 2.17 bits per heavy atom. The summed E-state index contributed by atoms with van der Waals surface area (Å²) in [6.07, 6.45) is -1.69. The zero-order valence-corrected chi connectivity index (χ0v) is 12.6. The minimum absolute atomic E-state index is 0.0221. The van der Waals surface area contributed by atoms with Crippen LogP contribution in [0.3, 0.4) is 0 Å². The van der Waals surface area contributed by atoms with Gasteiger partial charge in [-0.25, -0.2) is 4.98 Å². The monoisotopic (exact) mass is 327 g/mol. The van der Waals surface area contributed by atoms with Gasteiger partial charge in [-0.15, -0.1) is 0 Å². The van der Waals surface area contributed by atoms with Gasteiger partial charge in [0.05, 0.1) is 29.8 Å². The number of nitrogens with one attached hydrogen (secondary N) is 2. The first-order chi connectivity index (χ1) is 10.8. The van der Waals surface area contributed by atoms with E-state index in [9.17, 15) is 18.0 Å². The summed E-state index contributed by atoms with van der Waals surface area (Å²) in [5.74, 6) is 0. The SMILES string of the molecule is CN/C(=C1/CCN(C=O)C(C)C1=N)c1cncc(C(F)(F)F)n1. The predicted molar refractivity (Wildman–Crippen MR) is 77.6 cm³/mol. The Morgan fingerprint density at radius 3 is 2.74 bits per heavy atom. The molecule has 0 aliphatic carbocycles. The van der Waals surface area contributed by atoms with Crippen molar-refractivity contribution in [2.24, 2.45) is 0 Å². The summed E-state index contributed by atoms with van der Waals surface area (Å²) in [6, 6.07) is -0.446. The Hall–Kier alpha value is -2.45. The van der Waals surface area contributed by atoms with Gasteiger partial charge in [0.15, 0.2) is 5.69 Å². The molecule has 0 bridgehead atoms. The van der Waals surface area contributed by atoms with Gasteiger partial charge in [0.1, 0.15) is 5.69 Å². The normalized spacial score (nSPS) is 21.2. The maximum Gasteiger partial charge on any atom is 0.434 e. The average molecular weight is 327 g/mol. The maximum atomic E-state index is 12.8. The fourth-order valence-electron chi connectivity index (χ4n) is 2.45. The van der Waals surface area contributed by atoms with Crippen LogP contribution in [0.4, 0.5) is 13.2 Å². The summed E-state index contributed by atoms with van der Waals surface area (Å²) in [5, 5.41) is 11.0. The second kappa shape index (κ2) is 6.35. The number of rotatable bonds is 3. The Morgan fingerprint density at radius 1 is 1.48 bits per heavy atom. The zero-order chi connectivity index (χ0) is 17.2. The van der Waals surface area contributed by atoms with E-state index in [0.29, 0.717) is 36.8 Å². The number of aromatic nitrogens is 2. The number of likely N-dealkylation sites (tertiary alicyclic amines) is 1. The van der Waals surface area contributed by atoms with Gasteiger partial charge in [0.25, 0.3) is 0 Å². The third-order valence-corrected chi connectivity index (χ3v) is 3.73. The molecule has 2 heterocycles. The van der Waals surface area contributed by atoms with Crippen molar-refractivity contribution in [3.05, 3.63) is 29.4 Å². The number of nitrogens with zero attached hydrogens (tertiary/aromatic N) is 3. The fraction of sp³-hybridized carbons (Fsp3) is 0.429. The lowest BCUT2D eigenvalue weighted by molar-refractivity contribution is -0.141. The number of halogens is 3. The lowest BCUT2D eigenvalue weighted by atomic mass is 9.93. The molecule has 1 unspecified atom stereocenters. The highest BCUT2D eigenvalue weighted by Crippen LogP contribution is 2.29. The Bertz CT molecular complexity index is 656. The largest absolute Gasteiger partial charge is 0.434 e. The number of amides is 1. The van der Waals surface area contributed by atoms with Crippen LogP contribution in [0.2, 0.25) is 0 Å². The van der Waals surface area contributed by atoms with Crippen molar-refractivity contribution in [2.45, 2.75) is 25.6 Å². The number of hydrogen-bond donors (Lipinski definition) is 2. The molecule has 124 valence electrons. The van der Waals surface area contributed by atoms with Gasteiger partial charge in [-0.1, -0.05) is 0 Å². The molecule has 1 fully saturated rings. The molecule has 9 heteroatoms. The highest BCUT2D eigenvalue weighted by molar-refractivity contribution is 6.08. The van der Waals surface area contributed by atoms with Crippen LogP contribution in [0.15, 0.2) is 18.0 Å². The van der Waals surface area contributed by atoms with Crippen molar-refractivity contribution in [3.8, 4) is 0 Å². The third-order valence-electron chi connectivity index (χ3n) is 3.73. The van der Waals surface area contributed by atoms with Gasteiger partial charge < -0.3 is 15.6 Å². The van der Waals surface area contributed by atoms with Crippen molar-refractivity contribution in [1.82, 2.24) is 20.2 Å². The van der Waals surface area contributed by atoms with Crippen LogP contribution < -0.4 is 5.32 Å². The maximum absolute atomic E-state index is 12.8. The minimum Gasteiger partial charge on any atom is -0.386 e. The van der Waals surface area contributed by atoms with Crippen LogP contribution in [0, 0.1) is 5.41 Å². The number of alkyl halides is 3. The Kier molecular flexibility index (Phi) is 4.67. The quantitative estimate of drug-likeness (QED) is 0.828. The number of hydrogen-bond acceptors (Lipinski definition) is 5. The molecular formula is C14H16F3N5O. The van der Waals surface area contributed by atoms with E-state index >= 15 is 0 Å². The van der Waals surface area contributed by atoms with Crippen LogP contribution in [0.1, 0.15) is 24.7 Å². The molecule has 6 nitrogen and oxygen atoms in total. The molecule has 0 aromatic carbocycles. The fourth-order valence-corrected chi connectivity index (χ4v) is 2.45. The van der Waals surface area contributed by atoms with Gasteiger partial charge in [-0.2, -0.15) is 13.2 Å². The van der Waals surface area contributed by atoms with Crippen LogP contribution in [-0.4, -0.2) is 46.6 Å². The third kappa shape index (κ3) is 3.33. The van der Waals surface area contributed by atoms with Crippen LogP contribution in [0.25, 0.3) is 5.70 Å². The second-order valence-corrected chi connectivity index (χ2v) is 5.07. The Balaban J connectivity index is 2.47. The predicted octanol–water partition coefficient (Wildman–Crippen LogP) is 1.70. The zero-order valence-electron chi connectivity index (χ0n) is 12.6. The van der Waals surface area contributed by atoms with Crippen LogP contribution in [-0.2, 0) is 11.0 Å². The van der Waals surface area contributed by atoms with E-state index in [1.165, 1.54) is 11.1 Å². The van der Waals surface area contributed by atoms with E-state index in [4.69, 9.17) is 5.41 Å². The summed E-state index contributed by atoms with van der Waals surface area (Å²) >= 11 is 0. The Labute approximate surface area is 130 Å². The van der Waals surface area contributed by atoms with Crippen molar-refractivity contribution < 1.29 is 18.0 Å². The van der Waals surface area contributed by atoms with E-state index in [0.717, 1.165) is 0 Å². The van der Waals surface area contributed by atoms with E-state index in [1.807, 2.05) is 0 Å². The first kappa shape index (κ1) is 16.9. The van der Waals surface area contributed by atoms with Crippen molar-refractivity contribution in [3.63, 3.8) is 0 Å². The van der Waals surface area contributed by atoms with Gasteiger partial charge in [-0.05, 0) is 13.3 Å². The molecule has 1 atom stereocenters. The van der Waals surface area contributed by atoms with Gasteiger partial charge in [0, 0.05) is 19.2 Å². The van der Waals surface area contributed by atoms with Crippen molar-refractivity contribution >= 4 is 17.8 Å². The molecule has 1 aromatic rings. The molecule has 23 heavy (non-hydrogen) atoms. The molecule has 1 aliphatic rings. The van der Waals surface area contributed by atoms with Crippen LogP contribution in [0.5, 0.6) is 0 Å². The summed E-state index contributed by atoms with van der Waals surface area (Å²) in [4.78, 5) is 19.6. The lowest BCUT2D eigenvalue weighted by Gasteiger charge is -2.33. The molecule has 1 amide bonds. The summed E-state index contributed by atoms with van der Waals surface area (Å²) in [6.45, 7) is 2.08. The molecule has 2 N–H and O–H groups in total. The van der Waals surface area contributed by atoms with Gasteiger partial charge in [0.2, 0.25) is 6.41 Å². The number of piperidine rings is 1. The minimum atomic E-state index is -4.59. The molecule has 0 spiro atoms. The second-order valence-electron chi connectivity index (χ2n) is 5.07. The van der Waals surface area contributed by atoms with E-state index in [2.05, 4.69) is 15.3 Å². The number of carbonyl (C=O) groups is 1. The molecule has 2 rings (SSSR count). The topological polar surface area (TPSA) is 82.0 Å². The standard InChI is InChI=1S/C14H16F3N5O/c1-8-12(18)9(3-4-22(8)7-23)13(19-2)10-5-20-6-11(21-10)14(15,16)17/h5-8,18-19H,3-4H2,1-2H3/b13-9-,18-12?. The first-order valence-corrected chi connectivity index (χ1v) is 6.90. The molecular weight excluding hydrogens is 311 g/mol. The van der Waals surface area contributed by atoms with E-state index < -0.39 is 17.9 Å². The van der Waals surface area contributed by atoms with Gasteiger partial charge >= 0.3 is 6.18 Å². The lowest BCUT2D eigenvalue weighted by Crippen LogP contribution is -2.44. The summed E-state index contributed by atoms with van der Waals surface area (Å²) in [7, 11) is 1.55. The first-order valence-electron chi connectivity index (χ1n) is 6.90. The molecule has 0 radical (unpaired) electrons.